The van der Waals surface area contributed by atoms with Gasteiger partial charge in [-0.15, -0.1) is 0 Å². The molecular formula is C60H40. The van der Waals surface area contributed by atoms with Crippen LogP contribution in [0, 0.1) is 35.5 Å². The molecule has 6 aliphatic carbocycles. The quantitative estimate of drug-likeness (QED) is 0.148. The van der Waals surface area contributed by atoms with Crippen molar-refractivity contribution >= 4 is 43.1 Å². The molecule has 6 fully saturated rings. The molecular weight excluding hydrogens is 721 g/mol. The van der Waals surface area contributed by atoms with Crippen molar-refractivity contribution in [3.8, 4) is 44.5 Å². The summed E-state index contributed by atoms with van der Waals surface area (Å²) in [6.45, 7) is 0. The van der Waals surface area contributed by atoms with Crippen LogP contribution in [-0.2, 0) is 10.8 Å². The molecule has 0 N–H and O–H groups in total. The smallest absolute Gasteiger partial charge is 0.00561 e. The number of hydrogen-bond donors (Lipinski definition) is 0. The van der Waals surface area contributed by atoms with E-state index in [9.17, 15) is 0 Å². The Kier molecular flexibility index (Phi) is 5.94. The Hall–Kier alpha value is -6.76. The van der Waals surface area contributed by atoms with Crippen molar-refractivity contribution < 1.29 is 0 Å². The van der Waals surface area contributed by atoms with E-state index in [0.717, 1.165) is 35.5 Å². The molecule has 60 heavy (non-hydrogen) atoms. The molecule has 0 radical (unpaired) electrons. The maximum absolute atomic E-state index is 2.53. The van der Waals surface area contributed by atoms with E-state index in [2.05, 4.69) is 206 Å². The molecule has 0 spiro atoms. The molecule has 0 saturated heterocycles. The number of fused-ring (bicyclic) bond motifs is 4. The highest BCUT2D eigenvalue weighted by molar-refractivity contribution is 6.22. The maximum atomic E-state index is 2.53. The van der Waals surface area contributed by atoms with E-state index < -0.39 is 0 Å². The lowest BCUT2D eigenvalue weighted by Gasteiger charge is -3.12. The van der Waals surface area contributed by atoms with Gasteiger partial charge in [0.2, 0.25) is 0 Å². The summed E-state index contributed by atoms with van der Waals surface area (Å²) in [6.07, 6.45) is 0. The van der Waals surface area contributed by atoms with Crippen LogP contribution >= 0.6 is 0 Å². The fourth-order valence-electron chi connectivity index (χ4n) is 15.2. The van der Waals surface area contributed by atoms with Crippen LogP contribution in [0.2, 0.25) is 0 Å². The third-order valence-corrected chi connectivity index (χ3v) is 17.0. The van der Waals surface area contributed by atoms with Gasteiger partial charge in [-0.05, 0) is 134 Å². The third kappa shape index (κ3) is 3.46. The van der Waals surface area contributed by atoms with E-state index in [0.29, 0.717) is 10.8 Å². The molecule has 6 saturated carbocycles. The molecule has 0 unspecified atom stereocenters. The second kappa shape index (κ2) is 11.1. The largest absolute Gasteiger partial charge is 0.0622 e. The van der Waals surface area contributed by atoms with E-state index in [1.165, 1.54) is 87.6 Å². The second-order valence-corrected chi connectivity index (χ2v) is 18.6. The van der Waals surface area contributed by atoms with E-state index >= 15 is 0 Å². The topological polar surface area (TPSA) is 0 Å². The average molecular weight is 761 g/mol. The van der Waals surface area contributed by atoms with Crippen LogP contribution in [0.25, 0.3) is 87.6 Å². The van der Waals surface area contributed by atoms with Gasteiger partial charge >= 0.3 is 0 Å². The van der Waals surface area contributed by atoms with Crippen molar-refractivity contribution in [2.24, 2.45) is 35.5 Å². The van der Waals surface area contributed by atoms with Gasteiger partial charge in [-0.2, -0.15) is 0 Å². The molecule has 0 aromatic heterocycles. The van der Waals surface area contributed by atoms with Crippen molar-refractivity contribution in [1.29, 1.82) is 0 Å². The number of hydrogen-bond acceptors (Lipinski definition) is 0. The summed E-state index contributed by atoms with van der Waals surface area (Å²) < 4.78 is 0. The van der Waals surface area contributed by atoms with Gasteiger partial charge < -0.3 is 0 Å². The molecule has 0 nitrogen and oxygen atoms in total. The lowest BCUT2D eigenvalue weighted by Crippen LogP contribution is -3.12. The Morgan fingerprint density at radius 3 is 0.633 bits per heavy atom. The van der Waals surface area contributed by atoms with Crippen molar-refractivity contribution in [2.45, 2.75) is 10.8 Å². The Labute approximate surface area is 349 Å². The molecule has 10 aromatic rings. The molecule has 280 valence electrons. The Bertz CT molecular complexity index is 3050. The first-order valence-corrected chi connectivity index (χ1v) is 22.0. The summed E-state index contributed by atoms with van der Waals surface area (Å²) in [7, 11) is 0. The second-order valence-electron chi connectivity index (χ2n) is 18.6. The predicted octanol–water partition coefficient (Wildman–Crippen LogP) is 14.9. The highest BCUT2D eigenvalue weighted by Crippen LogP contribution is 3.09. The van der Waals surface area contributed by atoms with Gasteiger partial charge in [0.25, 0.3) is 0 Å². The van der Waals surface area contributed by atoms with Crippen molar-refractivity contribution in [2.75, 3.05) is 0 Å². The highest BCUT2D eigenvalue weighted by atomic mass is 15.1. The molecule has 6 aliphatic rings. The summed E-state index contributed by atoms with van der Waals surface area (Å²) in [6, 6.07) is 78.0. The van der Waals surface area contributed by atoms with Crippen LogP contribution < -0.4 is 0 Å². The Balaban J connectivity index is 0.762. The zero-order valence-corrected chi connectivity index (χ0v) is 33.1. The van der Waals surface area contributed by atoms with Crippen molar-refractivity contribution in [3.63, 3.8) is 0 Å². The summed E-state index contributed by atoms with van der Waals surface area (Å²) in [5.41, 5.74) is 14.7. The van der Waals surface area contributed by atoms with Crippen molar-refractivity contribution in [3.05, 3.63) is 217 Å². The summed E-state index contributed by atoms with van der Waals surface area (Å²) in [5.74, 6) is 5.21. The minimum absolute atomic E-state index is 0.444. The van der Waals surface area contributed by atoms with Gasteiger partial charge in [-0.1, -0.05) is 206 Å². The lowest BCUT2D eigenvalue weighted by molar-refractivity contribution is -0.596. The SMILES string of the molecule is c1ccc(-c2c3ccccc3c(-c3ccc(C45C6C7C4C4C5C6C74c4ccc(-c5c6ccccc6c(-c6ccccc6)c6ccccc56)cc4)cc3)c3ccccc23)cc1. The third-order valence-electron chi connectivity index (χ3n) is 17.0. The molecule has 0 heteroatoms. The first-order chi connectivity index (χ1) is 29.8. The first kappa shape index (κ1) is 32.1. The van der Waals surface area contributed by atoms with Crippen LogP contribution in [0.5, 0.6) is 0 Å². The minimum atomic E-state index is 0.444. The molecule has 0 bridgehead atoms. The fraction of sp³-hybridized carbons (Fsp3) is 0.133. The van der Waals surface area contributed by atoms with Gasteiger partial charge in [0.1, 0.15) is 0 Å². The molecule has 0 aliphatic heterocycles. The van der Waals surface area contributed by atoms with Crippen LogP contribution in [0.15, 0.2) is 206 Å². The van der Waals surface area contributed by atoms with E-state index in [1.807, 2.05) is 0 Å². The van der Waals surface area contributed by atoms with Gasteiger partial charge in [0, 0.05) is 10.8 Å². The molecule has 16 rings (SSSR count). The summed E-state index contributed by atoms with van der Waals surface area (Å²) >= 11 is 0. The van der Waals surface area contributed by atoms with Crippen LogP contribution in [0.1, 0.15) is 11.1 Å². The van der Waals surface area contributed by atoms with Gasteiger partial charge in [0.05, 0.1) is 0 Å². The zero-order valence-electron chi connectivity index (χ0n) is 33.1. The molecule has 0 amide bonds. The van der Waals surface area contributed by atoms with Crippen LogP contribution in [-0.4, -0.2) is 0 Å². The number of rotatable bonds is 6. The van der Waals surface area contributed by atoms with Gasteiger partial charge in [0.15, 0.2) is 0 Å². The zero-order chi connectivity index (χ0) is 38.9. The summed E-state index contributed by atoms with van der Waals surface area (Å²) in [5, 5.41) is 10.6. The standard InChI is InChI=1S/C60H40/c1-3-15-35(16-4-1)49-41-19-7-11-23-45(41)51(46-24-12-8-20-42(46)49)37-27-31-39(32-28-37)59-53-56-54(59)58-55(59)57(53)60(56,58)40-33-29-38(30-34-40)52-47-25-13-9-21-43(47)50(36-17-5-2-6-18-36)44-22-10-14-26-48(44)52/h1-34,53-58H. The number of benzene rings is 10. The average Bonchev–Trinajstić information content (AvgIpc) is 3.33. The normalized spacial score (nSPS) is 27.1. The molecule has 0 heterocycles. The van der Waals surface area contributed by atoms with E-state index in [4.69, 9.17) is 0 Å². The van der Waals surface area contributed by atoms with Gasteiger partial charge in [-0.25, -0.2) is 0 Å². The van der Waals surface area contributed by atoms with E-state index in [1.54, 1.807) is 11.1 Å². The molecule has 10 aromatic carbocycles. The monoisotopic (exact) mass is 760 g/mol. The van der Waals surface area contributed by atoms with E-state index in [-0.39, 0.29) is 0 Å². The lowest BCUT2D eigenvalue weighted by atomic mass is 8.91. The van der Waals surface area contributed by atoms with Crippen LogP contribution in [0.3, 0.4) is 0 Å². The van der Waals surface area contributed by atoms with Crippen LogP contribution in [0.4, 0.5) is 0 Å². The molecule has 0 atom stereocenters. The highest BCUT2D eigenvalue weighted by Gasteiger charge is 3.09. The first-order valence-electron chi connectivity index (χ1n) is 22.0. The summed E-state index contributed by atoms with van der Waals surface area (Å²) in [4.78, 5) is 0. The Morgan fingerprint density at radius 1 is 0.200 bits per heavy atom. The van der Waals surface area contributed by atoms with Crippen molar-refractivity contribution in [1.82, 2.24) is 0 Å². The maximum Gasteiger partial charge on any atom is 0.00561 e. The predicted molar refractivity (Wildman–Crippen MR) is 249 cm³/mol. The minimum Gasteiger partial charge on any atom is -0.0622 e. The Morgan fingerprint density at radius 2 is 0.400 bits per heavy atom. The fourth-order valence-corrected chi connectivity index (χ4v) is 15.2. The van der Waals surface area contributed by atoms with Gasteiger partial charge in [-0.3, -0.25) is 0 Å².